The molecule has 0 saturated carbocycles. The number of hydrogen-bond donors (Lipinski definition) is 1. The lowest BCUT2D eigenvalue weighted by atomic mass is 10.1. The summed E-state index contributed by atoms with van der Waals surface area (Å²) in [6.45, 7) is 2.12. The molecule has 0 aromatic heterocycles. The van der Waals surface area contributed by atoms with Crippen molar-refractivity contribution in [2.24, 2.45) is 4.40 Å². The number of nitrogens with one attached hydrogen (secondary N) is 1. The smallest absolute Gasteiger partial charge is 0.286 e. The number of hydrogen-bond acceptors (Lipinski definition) is 4. The summed E-state index contributed by atoms with van der Waals surface area (Å²) in [6.07, 6.45) is 4.85. The molecule has 98 valence electrons. The van der Waals surface area contributed by atoms with E-state index >= 15 is 0 Å². The van der Waals surface area contributed by atoms with Gasteiger partial charge in [0.2, 0.25) is 0 Å². The molecule has 0 unspecified atom stereocenters. The van der Waals surface area contributed by atoms with Gasteiger partial charge in [0.05, 0.1) is 5.69 Å². The SMILES string of the molecule is CCCCc1ccc2c(c1)S(=O)(=O)N=C(SC)N2. The van der Waals surface area contributed by atoms with Crippen LogP contribution in [0.5, 0.6) is 0 Å². The van der Waals surface area contributed by atoms with E-state index in [0.29, 0.717) is 10.9 Å². The quantitative estimate of drug-likeness (QED) is 0.927. The zero-order valence-corrected chi connectivity index (χ0v) is 12.1. The number of benzene rings is 1. The van der Waals surface area contributed by atoms with E-state index in [4.69, 9.17) is 0 Å². The fourth-order valence-corrected chi connectivity index (χ4v) is 3.67. The second-order valence-corrected chi connectivity index (χ2v) is 6.50. The normalized spacial score (nSPS) is 16.7. The van der Waals surface area contributed by atoms with Crippen LogP contribution in [0.1, 0.15) is 25.3 Å². The van der Waals surface area contributed by atoms with Gasteiger partial charge < -0.3 is 5.32 Å². The van der Waals surface area contributed by atoms with Crippen molar-refractivity contribution in [1.29, 1.82) is 0 Å². The fraction of sp³-hybridized carbons (Fsp3) is 0.417. The summed E-state index contributed by atoms with van der Waals surface area (Å²) in [5.74, 6) is 0. The van der Waals surface area contributed by atoms with Crippen LogP contribution >= 0.6 is 11.8 Å². The van der Waals surface area contributed by atoms with E-state index in [1.54, 1.807) is 12.3 Å². The molecular weight excluding hydrogens is 268 g/mol. The highest BCUT2D eigenvalue weighted by atomic mass is 32.2. The predicted molar refractivity (Wildman–Crippen MR) is 76.8 cm³/mol. The molecule has 0 bridgehead atoms. The Morgan fingerprint density at radius 2 is 2.17 bits per heavy atom. The number of nitrogens with zero attached hydrogens (tertiary/aromatic N) is 1. The molecule has 1 aliphatic heterocycles. The van der Waals surface area contributed by atoms with Crippen LogP contribution in [0.15, 0.2) is 27.5 Å². The summed E-state index contributed by atoms with van der Waals surface area (Å²) in [6, 6.07) is 5.52. The van der Waals surface area contributed by atoms with Crippen LogP contribution in [0, 0.1) is 0 Å². The van der Waals surface area contributed by atoms with E-state index in [1.807, 2.05) is 12.1 Å². The Balaban J connectivity index is 2.39. The maximum atomic E-state index is 12.0. The molecule has 0 atom stereocenters. The molecule has 0 fully saturated rings. The van der Waals surface area contributed by atoms with Gasteiger partial charge in [0.25, 0.3) is 10.0 Å². The molecule has 6 heteroatoms. The summed E-state index contributed by atoms with van der Waals surface area (Å²) in [4.78, 5) is 0.286. The van der Waals surface area contributed by atoms with Crippen molar-refractivity contribution in [2.75, 3.05) is 11.6 Å². The molecule has 18 heavy (non-hydrogen) atoms. The summed E-state index contributed by atoms with van der Waals surface area (Å²) in [5.41, 5.74) is 1.67. The number of thioether (sulfide) groups is 1. The molecule has 1 aliphatic rings. The van der Waals surface area contributed by atoms with E-state index in [-0.39, 0.29) is 4.90 Å². The third-order valence-electron chi connectivity index (χ3n) is 2.78. The molecular formula is C12H16N2O2S2. The Morgan fingerprint density at radius 3 is 2.83 bits per heavy atom. The van der Waals surface area contributed by atoms with Gasteiger partial charge >= 0.3 is 0 Å². The molecule has 1 aromatic carbocycles. The van der Waals surface area contributed by atoms with Crippen molar-refractivity contribution in [2.45, 2.75) is 31.1 Å². The molecule has 0 radical (unpaired) electrons. The first-order valence-corrected chi connectivity index (χ1v) is 8.52. The summed E-state index contributed by atoms with van der Waals surface area (Å²) < 4.78 is 27.8. The van der Waals surface area contributed by atoms with Crippen LogP contribution in [0.4, 0.5) is 5.69 Å². The van der Waals surface area contributed by atoms with Crippen molar-refractivity contribution in [1.82, 2.24) is 0 Å². The molecule has 0 saturated heterocycles. The van der Waals surface area contributed by atoms with Crippen molar-refractivity contribution in [3.8, 4) is 0 Å². The number of rotatable bonds is 3. The summed E-state index contributed by atoms with van der Waals surface area (Å²) in [7, 11) is -3.55. The van der Waals surface area contributed by atoms with Crippen molar-refractivity contribution in [3.05, 3.63) is 23.8 Å². The maximum absolute atomic E-state index is 12.0. The molecule has 0 aliphatic carbocycles. The van der Waals surface area contributed by atoms with E-state index in [1.165, 1.54) is 11.8 Å². The minimum atomic E-state index is -3.55. The molecule has 2 rings (SSSR count). The van der Waals surface area contributed by atoms with Gasteiger partial charge in [-0.25, -0.2) is 0 Å². The zero-order chi connectivity index (χ0) is 13.2. The lowest BCUT2D eigenvalue weighted by Gasteiger charge is -2.17. The standard InChI is InChI=1S/C12H16N2O2S2/c1-3-4-5-9-6-7-10-11(8-9)18(15,16)14-12(13-10)17-2/h6-8H,3-5H2,1-2H3,(H,13,14). The van der Waals surface area contributed by atoms with Gasteiger partial charge in [0.15, 0.2) is 5.17 Å². The highest BCUT2D eigenvalue weighted by molar-refractivity contribution is 8.14. The van der Waals surface area contributed by atoms with Gasteiger partial charge in [-0.1, -0.05) is 31.2 Å². The van der Waals surface area contributed by atoms with Crippen LogP contribution in [0.2, 0.25) is 0 Å². The summed E-state index contributed by atoms with van der Waals surface area (Å²) >= 11 is 1.29. The van der Waals surface area contributed by atoms with Crippen molar-refractivity contribution in [3.63, 3.8) is 0 Å². The minimum absolute atomic E-state index is 0.286. The highest BCUT2D eigenvalue weighted by Crippen LogP contribution is 2.30. The van der Waals surface area contributed by atoms with E-state index in [9.17, 15) is 8.42 Å². The van der Waals surface area contributed by atoms with Crippen LogP contribution in [-0.4, -0.2) is 19.8 Å². The lowest BCUT2D eigenvalue weighted by Crippen LogP contribution is -2.18. The topological polar surface area (TPSA) is 58.5 Å². The van der Waals surface area contributed by atoms with E-state index in [0.717, 1.165) is 24.8 Å². The first-order chi connectivity index (χ1) is 8.56. The third-order valence-corrected chi connectivity index (χ3v) is 4.79. The lowest BCUT2D eigenvalue weighted by molar-refractivity contribution is 0.597. The first kappa shape index (κ1) is 13.4. The number of sulfonamides is 1. The fourth-order valence-electron chi connectivity index (χ4n) is 1.80. The van der Waals surface area contributed by atoms with Gasteiger partial charge in [-0.05, 0) is 36.8 Å². The average molecular weight is 284 g/mol. The Morgan fingerprint density at radius 1 is 1.39 bits per heavy atom. The molecule has 1 aromatic rings. The Hall–Kier alpha value is -1.01. The van der Waals surface area contributed by atoms with Gasteiger partial charge in [-0.3, -0.25) is 0 Å². The summed E-state index contributed by atoms with van der Waals surface area (Å²) in [5, 5.41) is 3.44. The van der Waals surface area contributed by atoms with Gasteiger partial charge in [-0.2, -0.15) is 8.42 Å². The van der Waals surface area contributed by atoms with Crippen LogP contribution < -0.4 is 5.32 Å². The van der Waals surface area contributed by atoms with Gasteiger partial charge in [0, 0.05) is 0 Å². The molecule has 4 nitrogen and oxygen atoms in total. The van der Waals surface area contributed by atoms with Gasteiger partial charge in [0.1, 0.15) is 4.90 Å². The number of fused-ring (bicyclic) bond motifs is 1. The number of unbranched alkanes of at least 4 members (excludes halogenated alkanes) is 1. The third kappa shape index (κ3) is 2.70. The Kier molecular flexibility index (Phi) is 3.97. The van der Waals surface area contributed by atoms with Gasteiger partial charge in [-0.15, -0.1) is 4.40 Å². The Bertz CT molecular complexity index is 580. The second-order valence-electron chi connectivity index (χ2n) is 4.13. The molecule has 0 spiro atoms. The van der Waals surface area contributed by atoms with E-state index in [2.05, 4.69) is 16.6 Å². The largest absolute Gasteiger partial charge is 0.333 e. The maximum Gasteiger partial charge on any atom is 0.286 e. The number of anilines is 1. The highest BCUT2D eigenvalue weighted by Gasteiger charge is 2.24. The zero-order valence-electron chi connectivity index (χ0n) is 10.4. The number of aryl methyl sites for hydroxylation is 1. The number of amidine groups is 1. The monoisotopic (exact) mass is 284 g/mol. The average Bonchev–Trinajstić information content (AvgIpc) is 2.35. The molecule has 0 amide bonds. The molecule has 1 N–H and O–H groups in total. The first-order valence-electron chi connectivity index (χ1n) is 5.85. The van der Waals surface area contributed by atoms with E-state index < -0.39 is 10.0 Å². The van der Waals surface area contributed by atoms with Crippen molar-refractivity contribution >= 4 is 32.6 Å². The second kappa shape index (κ2) is 5.32. The predicted octanol–water partition coefficient (Wildman–Crippen LogP) is 2.86. The van der Waals surface area contributed by atoms with Crippen molar-refractivity contribution < 1.29 is 8.42 Å². The minimum Gasteiger partial charge on any atom is -0.333 e. The molecule has 1 heterocycles. The van der Waals surface area contributed by atoms with Crippen LogP contribution in [-0.2, 0) is 16.4 Å². The van der Waals surface area contributed by atoms with Crippen LogP contribution in [0.25, 0.3) is 0 Å². The van der Waals surface area contributed by atoms with Crippen LogP contribution in [0.3, 0.4) is 0 Å². The Labute approximate surface area is 112 Å².